The summed E-state index contributed by atoms with van der Waals surface area (Å²) in [6, 6.07) is 26.5. The number of benzene rings is 3. The molecule has 0 atom stereocenters. The minimum absolute atomic E-state index is 0.209. The second-order valence-electron chi connectivity index (χ2n) is 6.47. The molecule has 0 saturated carbocycles. The first-order valence-corrected chi connectivity index (χ1v) is 10.0. The van der Waals surface area contributed by atoms with E-state index in [9.17, 15) is 0 Å². The Hall–Kier alpha value is -2.45. The smallest absolute Gasteiger partial charge is 0.394 e. The summed E-state index contributed by atoms with van der Waals surface area (Å²) in [6.07, 6.45) is 0. The molecule has 0 spiro atoms. The van der Waals surface area contributed by atoms with Gasteiger partial charge >= 0.3 is 10.4 Å². The van der Waals surface area contributed by atoms with E-state index in [0.29, 0.717) is 0 Å². The second kappa shape index (κ2) is 11.4. The normalized spacial score (nSPS) is 10.9. The summed E-state index contributed by atoms with van der Waals surface area (Å²) in [4.78, 5) is 0. The zero-order chi connectivity index (χ0) is 21.0. The maximum Gasteiger partial charge on any atom is 0.394 e. The predicted molar refractivity (Wildman–Crippen MR) is 113 cm³/mol. The fourth-order valence-corrected chi connectivity index (χ4v) is 2.43. The van der Waals surface area contributed by atoms with Crippen molar-refractivity contribution in [1.82, 2.24) is 5.32 Å². The fourth-order valence-electron chi connectivity index (χ4n) is 2.43. The molecule has 7 heteroatoms. The number of likely N-dealkylation sites (N-methyl/N-ethyl adjacent to an activating group) is 1. The highest BCUT2D eigenvalue weighted by Gasteiger charge is 2.19. The quantitative estimate of drug-likeness (QED) is 0.562. The molecule has 0 heterocycles. The topological polar surface area (TPSA) is 95.9 Å². The van der Waals surface area contributed by atoms with Crippen LogP contribution in [0.25, 0.3) is 10.8 Å². The number of fused-ring (bicyclic) bond motifs is 1. The van der Waals surface area contributed by atoms with Crippen LogP contribution in [-0.4, -0.2) is 36.7 Å². The molecule has 0 aliphatic heterocycles. The van der Waals surface area contributed by atoms with Crippen LogP contribution in [0.3, 0.4) is 0 Å². The van der Waals surface area contributed by atoms with Crippen molar-refractivity contribution < 1.29 is 22.3 Å². The van der Waals surface area contributed by atoms with Gasteiger partial charge in [-0.25, -0.2) is 0 Å². The van der Waals surface area contributed by atoms with E-state index < -0.39 is 10.4 Å². The summed E-state index contributed by atoms with van der Waals surface area (Å²) in [5.41, 5.74) is -0.209. The number of hydrogen-bond acceptors (Lipinski definition) is 4. The molecule has 6 nitrogen and oxygen atoms in total. The maximum atomic E-state index is 8.74. The number of hydrogen-bond donors (Lipinski definition) is 3. The van der Waals surface area contributed by atoms with Crippen molar-refractivity contribution >= 4 is 21.2 Å². The van der Waals surface area contributed by atoms with Crippen LogP contribution in [0, 0.1) is 0 Å². The van der Waals surface area contributed by atoms with Crippen molar-refractivity contribution in [2.75, 3.05) is 13.6 Å². The summed E-state index contributed by atoms with van der Waals surface area (Å²) in [7, 11) is -2.73. The van der Waals surface area contributed by atoms with Gasteiger partial charge in [-0.05, 0) is 32.3 Å². The van der Waals surface area contributed by atoms with Crippen LogP contribution in [0.1, 0.15) is 13.8 Å². The third kappa shape index (κ3) is 10.6. The van der Waals surface area contributed by atoms with Crippen LogP contribution in [0.5, 0.6) is 5.75 Å². The highest BCUT2D eigenvalue weighted by atomic mass is 32.3. The Bertz CT molecular complexity index is 888. The lowest BCUT2D eigenvalue weighted by molar-refractivity contribution is 0.112. The Labute approximate surface area is 166 Å². The highest BCUT2D eigenvalue weighted by Crippen LogP contribution is 2.28. The van der Waals surface area contributed by atoms with Gasteiger partial charge in [0.2, 0.25) is 0 Å². The van der Waals surface area contributed by atoms with Crippen molar-refractivity contribution in [1.29, 1.82) is 0 Å². The van der Waals surface area contributed by atoms with E-state index in [2.05, 4.69) is 37.4 Å². The van der Waals surface area contributed by atoms with Gasteiger partial charge in [0, 0.05) is 11.9 Å². The molecule has 3 rings (SSSR count). The second-order valence-corrected chi connectivity index (χ2v) is 7.37. The van der Waals surface area contributed by atoms with Gasteiger partial charge in [-0.15, -0.1) is 0 Å². The number of ether oxygens (including phenoxy) is 1. The lowest BCUT2D eigenvalue weighted by Gasteiger charge is -2.27. The van der Waals surface area contributed by atoms with E-state index in [1.54, 1.807) is 0 Å². The monoisotopic (exact) mass is 405 g/mol. The Morgan fingerprint density at radius 3 is 1.82 bits per heavy atom. The molecule has 3 aromatic carbocycles. The van der Waals surface area contributed by atoms with Crippen molar-refractivity contribution in [2.24, 2.45) is 0 Å². The van der Waals surface area contributed by atoms with Gasteiger partial charge < -0.3 is 10.1 Å². The first-order chi connectivity index (χ1) is 13.1. The fraction of sp³-hybridized carbons (Fsp3) is 0.238. The van der Waals surface area contributed by atoms with Gasteiger partial charge in [-0.2, -0.15) is 8.42 Å². The molecule has 3 N–H and O–H groups in total. The van der Waals surface area contributed by atoms with Gasteiger partial charge in [0.05, 0.1) is 0 Å². The van der Waals surface area contributed by atoms with E-state index in [1.165, 1.54) is 10.8 Å². The summed E-state index contributed by atoms with van der Waals surface area (Å²) in [5, 5.41) is 5.53. The summed E-state index contributed by atoms with van der Waals surface area (Å²) in [6.45, 7) is 4.99. The largest absolute Gasteiger partial charge is 0.486 e. The molecule has 0 aromatic heterocycles. The average molecular weight is 406 g/mol. The molecule has 0 radical (unpaired) electrons. The zero-order valence-electron chi connectivity index (χ0n) is 16.2. The van der Waals surface area contributed by atoms with Crippen molar-refractivity contribution in [3.8, 4) is 5.75 Å². The molecule has 0 unspecified atom stereocenters. The van der Waals surface area contributed by atoms with Crippen LogP contribution in [-0.2, 0) is 10.4 Å². The van der Waals surface area contributed by atoms with E-state index in [4.69, 9.17) is 22.3 Å². The van der Waals surface area contributed by atoms with Gasteiger partial charge in [0.1, 0.15) is 11.4 Å². The minimum Gasteiger partial charge on any atom is -0.486 e. The van der Waals surface area contributed by atoms with Crippen LogP contribution in [0.4, 0.5) is 0 Å². The molecule has 0 fully saturated rings. The van der Waals surface area contributed by atoms with E-state index >= 15 is 0 Å². The first-order valence-electron chi connectivity index (χ1n) is 8.64. The van der Waals surface area contributed by atoms with E-state index in [1.807, 2.05) is 67.7 Å². The lowest BCUT2D eigenvalue weighted by Crippen LogP contribution is -2.38. The first kappa shape index (κ1) is 23.6. The van der Waals surface area contributed by atoms with Gasteiger partial charge in [-0.3, -0.25) is 9.11 Å². The molecule has 0 aliphatic carbocycles. The third-order valence-corrected chi connectivity index (χ3v) is 3.41. The average Bonchev–Trinajstić information content (AvgIpc) is 2.62. The van der Waals surface area contributed by atoms with Crippen LogP contribution in [0.2, 0.25) is 0 Å². The van der Waals surface area contributed by atoms with Crippen LogP contribution < -0.4 is 10.1 Å². The van der Waals surface area contributed by atoms with Crippen molar-refractivity contribution in [2.45, 2.75) is 19.4 Å². The highest BCUT2D eigenvalue weighted by molar-refractivity contribution is 7.79. The third-order valence-electron chi connectivity index (χ3n) is 3.41. The Balaban J connectivity index is 0.000000292. The van der Waals surface area contributed by atoms with Crippen molar-refractivity contribution in [3.05, 3.63) is 78.9 Å². The zero-order valence-corrected chi connectivity index (χ0v) is 17.1. The Kier molecular flexibility index (Phi) is 9.61. The molecule has 0 amide bonds. The molecule has 152 valence electrons. The van der Waals surface area contributed by atoms with Gasteiger partial charge in [0.15, 0.2) is 0 Å². The molecular weight excluding hydrogens is 378 g/mol. The predicted octanol–water partition coefficient (Wildman–Crippen LogP) is 4.25. The molecular formula is C21H27NO5S. The van der Waals surface area contributed by atoms with Crippen LogP contribution >= 0.6 is 0 Å². The van der Waals surface area contributed by atoms with Crippen molar-refractivity contribution in [3.63, 3.8) is 0 Å². The summed E-state index contributed by atoms with van der Waals surface area (Å²) in [5.74, 6) is 0.948. The molecule has 28 heavy (non-hydrogen) atoms. The maximum absolute atomic E-state index is 8.74. The summed E-state index contributed by atoms with van der Waals surface area (Å²) >= 11 is 0. The molecule has 0 bridgehead atoms. The van der Waals surface area contributed by atoms with Gasteiger partial charge in [0.25, 0.3) is 0 Å². The van der Waals surface area contributed by atoms with Gasteiger partial charge in [-0.1, -0.05) is 72.8 Å². The number of rotatable bonds is 4. The standard InChI is InChI=1S/C15H19NO.C6H6.H2O4S/c1-15(2,11-16-3)17-14-10-6-8-12-7-4-5-9-13(12)14;1-2-4-6-5-3-1;1-5(2,3)4/h4-10,16H,11H2,1-3H3;1-6H;(H2,1,2,3,4). The molecule has 0 saturated heterocycles. The minimum atomic E-state index is -4.67. The lowest BCUT2D eigenvalue weighted by atomic mass is 10.1. The van der Waals surface area contributed by atoms with Crippen LogP contribution in [0.15, 0.2) is 78.9 Å². The van der Waals surface area contributed by atoms with E-state index in [0.717, 1.165) is 12.3 Å². The number of nitrogens with one attached hydrogen (secondary N) is 1. The SMILES string of the molecule is CNCC(C)(C)Oc1cccc2ccccc12.O=S(=O)(O)O.c1ccccc1. The Morgan fingerprint density at radius 2 is 1.32 bits per heavy atom. The summed E-state index contributed by atoms with van der Waals surface area (Å²) < 4.78 is 37.7. The molecule has 0 aliphatic rings. The van der Waals surface area contributed by atoms with E-state index in [-0.39, 0.29) is 5.60 Å². The Morgan fingerprint density at radius 1 is 0.857 bits per heavy atom. The molecule has 3 aromatic rings.